The number of ether oxygens (including phenoxy) is 2. The van der Waals surface area contributed by atoms with Gasteiger partial charge in [0, 0.05) is 0 Å². The SMILES string of the molecule is OC[C@H]1CC[C@H](OCc2ccccc2)CO1. The molecule has 1 aliphatic heterocycles. The third kappa shape index (κ3) is 3.30. The lowest BCUT2D eigenvalue weighted by Gasteiger charge is -2.27. The Labute approximate surface area is 96.0 Å². The molecule has 2 rings (SSSR count). The van der Waals surface area contributed by atoms with Crippen molar-refractivity contribution >= 4 is 0 Å². The highest BCUT2D eigenvalue weighted by atomic mass is 16.5. The van der Waals surface area contributed by atoms with Crippen molar-refractivity contribution in [1.82, 2.24) is 0 Å². The van der Waals surface area contributed by atoms with Gasteiger partial charge in [-0.15, -0.1) is 0 Å². The Balaban J connectivity index is 1.72. The van der Waals surface area contributed by atoms with Gasteiger partial charge in [0.05, 0.1) is 32.0 Å². The minimum absolute atomic E-state index is 0.0107. The summed E-state index contributed by atoms with van der Waals surface area (Å²) in [4.78, 5) is 0. The topological polar surface area (TPSA) is 38.7 Å². The predicted octanol–water partition coefficient (Wildman–Crippen LogP) is 1.74. The van der Waals surface area contributed by atoms with Gasteiger partial charge >= 0.3 is 0 Å². The van der Waals surface area contributed by atoms with E-state index < -0.39 is 0 Å². The van der Waals surface area contributed by atoms with Crippen LogP contribution in [0.4, 0.5) is 0 Å². The fourth-order valence-corrected chi connectivity index (χ4v) is 1.85. The molecule has 0 amide bonds. The third-order valence-corrected chi connectivity index (χ3v) is 2.86. The molecular weight excluding hydrogens is 204 g/mol. The number of aliphatic hydroxyl groups excluding tert-OH is 1. The van der Waals surface area contributed by atoms with Crippen molar-refractivity contribution in [2.24, 2.45) is 0 Å². The highest BCUT2D eigenvalue weighted by molar-refractivity contribution is 5.13. The second kappa shape index (κ2) is 5.99. The minimum atomic E-state index is 0.0107. The van der Waals surface area contributed by atoms with Crippen molar-refractivity contribution in [2.75, 3.05) is 13.2 Å². The molecule has 1 saturated heterocycles. The van der Waals surface area contributed by atoms with Gasteiger partial charge in [0.25, 0.3) is 0 Å². The van der Waals surface area contributed by atoms with E-state index in [1.165, 1.54) is 5.56 Å². The van der Waals surface area contributed by atoms with E-state index in [1.54, 1.807) is 0 Å². The quantitative estimate of drug-likeness (QED) is 0.843. The molecule has 2 atom stereocenters. The lowest BCUT2D eigenvalue weighted by atomic mass is 10.1. The maximum atomic E-state index is 8.92. The molecule has 88 valence electrons. The second-order valence-electron chi connectivity index (χ2n) is 4.13. The average Bonchev–Trinajstić information content (AvgIpc) is 2.38. The standard InChI is InChI=1S/C13H18O3/c14-8-12-6-7-13(10-16-12)15-9-11-4-2-1-3-5-11/h1-5,12-14H,6-10H2/t12-,13+/m1/s1. The summed E-state index contributed by atoms with van der Waals surface area (Å²) in [5.41, 5.74) is 1.19. The zero-order chi connectivity index (χ0) is 11.2. The first-order valence-corrected chi connectivity index (χ1v) is 5.76. The normalized spacial score (nSPS) is 25.6. The molecule has 16 heavy (non-hydrogen) atoms. The minimum Gasteiger partial charge on any atom is -0.394 e. The number of hydrogen-bond acceptors (Lipinski definition) is 3. The molecule has 0 saturated carbocycles. The first-order chi connectivity index (χ1) is 7.88. The van der Waals surface area contributed by atoms with Gasteiger partial charge in [-0.25, -0.2) is 0 Å². The largest absolute Gasteiger partial charge is 0.394 e. The molecule has 0 aromatic heterocycles. The van der Waals surface area contributed by atoms with Crippen molar-refractivity contribution in [1.29, 1.82) is 0 Å². The van der Waals surface area contributed by atoms with Crippen LogP contribution < -0.4 is 0 Å². The molecule has 1 heterocycles. The second-order valence-corrected chi connectivity index (χ2v) is 4.13. The van der Waals surface area contributed by atoms with Gasteiger partial charge in [0.2, 0.25) is 0 Å². The smallest absolute Gasteiger partial charge is 0.0814 e. The van der Waals surface area contributed by atoms with Crippen LogP contribution >= 0.6 is 0 Å². The number of hydrogen-bond donors (Lipinski definition) is 1. The van der Waals surface area contributed by atoms with Crippen LogP contribution in [0, 0.1) is 0 Å². The van der Waals surface area contributed by atoms with E-state index in [2.05, 4.69) is 12.1 Å². The van der Waals surface area contributed by atoms with Crippen molar-refractivity contribution in [3.05, 3.63) is 35.9 Å². The Bertz CT molecular complexity index is 291. The van der Waals surface area contributed by atoms with Crippen molar-refractivity contribution < 1.29 is 14.6 Å². The van der Waals surface area contributed by atoms with Crippen molar-refractivity contribution in [3.8, 4) is 0 Å². The van der Waals surface area contributed by atoms with Crippen LogP contribution in [0.5, 0.6) is 0 Å². The Morgan fingerprint density at radius 1 is 1.25 bits per heavy atom. The van der Waals surface area contributed by atoms with Gasteiger partial charge in [-0.3, -0.25) is 0 Å². The van der Waals surface area contributed by atoms with E-state index >= 15 is 0 Å². The van der Waals surface area contributed by atoms with Crippen molar-refractivity contribution in [2.45, 2.75) is 31.7 Å². The molecule has 1 aromatic rings. The summed E-state index contributed by atoms with van der Waals surface area (Å²) in [7, 11) is 0. The first-order valence-electron chi connectivity index (χ1n) is 5.76. The summed E-state index contributed by atoms with van der Waals surface area (Å²) in [5, 5.41) is 8.92. The molecule has 0 unspecified atom stereocenters. The van der Waals surface area contributed by atoms with E-state index in [0.29, 0.717) is 13.2 Å². The van der Waals surface area contributed by atoms with Crippen LogP contribution in [0.3, 0.4) is 0 Å². The molecule has 1 aliphatic rings. The zero-order valence-electron chi connectivity index (χ0n) is 9.34. The predicted molar refractivity (Wildman–Crippen MR) is 61.1 cm³/mol. The Morgan fingerprint density at radius 2 is 2.06 bits per heavy atom. The summed E-state index contributed by atoms with van der Waals surface area (Å²) in [5.74, 6) is 0. The van der Waals surface area contributed by atoms with Crippen LogP contribution in [-0.4, -0.2) is 30.5 Å². The Kier molecular flexibility index (Phi) is 4.34. The van der Waals surface area contributed by atoms with E-state index in [9.17, 15) is 0 Å². The monoisotopic (exact) mass is 222 g/mol. The van der Waals surface area contributed by atoms with Gasteiger partial charge in [-0.2, -0.15) is 0 Å². The van der Waals surface area contributed by atoms with Gasteiger partial charge in [-0.1, -0.05) is 30.3 Å². The van der Waals surface area contributed by atoms with Crippen LogP contribution in [0.1, 0.15) is 18.4 Å². The summed E-state index contributed by atoms with van der Waals surface area (Å²) < 4.78 is 11.2. The van der Waals surface area contributed by atoms with E-state index in [-0.39, 0.29) is 18.8 Å². The fraction of sp³-hybridized carbons (Fsp3) is 0.538. The van der Waals surface area contributed by atoms with Gasteiger partial charge in [0.15, 0.2) is 0 Å². The van der Waals surface area contributed by atoms with E-state index in [1.807, 2.05) is 18.2 Å². The third-order valence-electron chi connectivity index (χ3n) is 2.86. The molecular formula is C13H18O3. The number of aliphatic hydroxyl groups is 1. The lowest BCUT2D eigenvalue weighted by molar-refractivity contribution is -0.102. The fourth-order valence-electron chi connectivity index (χ4n) is 1.85. The summed E-state index contributed by atoms with van der Waals surface area (Å²) >= 11 is 0. The van der Waals surface area contributed by atoms with Gasteiger partial charge < -0.3 is 14.6 Å². The number of rotatable bonds is 4. The van der Waals surface area contributed by atoms with E-state index in [0.717, 1.165) is 12.8 Å². The molecule has 1 N–H and O–H groups in total. The molecule has 3 heteroatoms. The molecule has 0 bridgehead atoms. The first kappa shape index (κ1) is 11.6. The molecule has 3 nitrogen and oxygen atoms in total. The lowest BCUT2D eigenvalue weighted by Crippen LogP contribution is -2.33. The van der Waals surface area contributed by atoms with Crippen LogP contribution in [-0.2, 0) is 16.1 Å². The highest BCUT2D eigenvalue weighted by Crippen LogP contribution is 2.17. The van der Waals surface area contributed by atoms with Gasteiger partial charge in [-0.05, 0) is 18.4 Å². The maximum absolute atomic E-state index is 8.92. The molecule has 1 fully saturated rings. The van der Waals surface area contributed by atoms with Gasteiger partial charge in [0.1, 0.15) is 0 Å². The van der Waals surface area contributed by atoms with Crippen LogP contribution in [0.25, 0.3) is 0 Å². The number of benzene rings is 1. The Morgan fingerprint density at radius 3 is 2.69 bits per heavy atom. The summed E-state index contributed by atoms with van der Waals surface area (Å²) in [6, 6.07) is 10.1. The molecule has 1 aromatic carbocycles. The molecule has 0 radical (unpaired) electrons. The molecule has 0 aliphatic carbocycles. The summed E-state index contributed by atoms with van der Waals surface area (Å²) in [6.45, 7) is 1.35. The maximum Gasteiger partial charge on any atom is 0.0814 e. The summed E-state index contributed by atoms with van der Waals surface area (Å²) in [6.07, 6.45) is 2.04. The van der Waals surface area contributed by atoms with Crippen LogP contribution in [0.2, 0.25) is 0 Å². The zero-order valence-corrected chi connectivity index (χ0v) is 9.34. The van der Waals surface area contributed by atoms with E-state index in [4.69, 9.17) is 14.6 Å². The highest BCUT2D eigenvalue weighted by Gasteiger charge is 2.21. The van der Waals surface area contributed by atoms with Crippen molar-refractivity contribution in [3.63, 3.8) is 0 Å². The molecule has 0 spiro atoms. The van der Waals surface area contributed by atoms with Crippen LogP contribution in [0.15, 0.2) is 30.3 Å². The Hall–Kier alpha value is -0.900. The average molecular weight is 222 g/mol.